The largest absolute Gasteiger partial charge is 0.425 e. The Bertz CT molecular complexity index is 1010. The maximum atomic E-state index is 14.5. The van der Waals surface area contributed by atoms with Gasteiger partial charge in [-0.2, -0.15) is 13.2 Å². The second kappa shape index (κ2) is 7.07. The van der Waals surface area contributed by atoms with Crippen molar-refractivity contribution in [1.82, 2.24) is 0 Å². The predicted octanol–water partition coefficient (Wildman–Crippen LogP) is 4.46. The van der Waals surface area contributed by atoms with E-state index in [1.165, 1.54) is 30.5 Å². The van der Waals surface area contributed by atoms with Gasteiger partial charge in [0.1, 0.15) is 5.82 Å². The molecule has 0 radical (unpaired) electrons. The first-order valence-electron chi connectivity index (χ1n) is 9.33. The van der Waals surface area contributed by atoms with Crippen molar-refractivity contribution < 1.29 is 27.8 Å². The highest BCUT2D eigenvalue weighted by Gasteiger charge is 2.61. The van der Waals surface area contributed by atoms with E-state index in [2.05, 4.69) is 4.99 Å². The number of alkyl halides is 3. The number of fused-ring (bicyclic) bond motifs is 3. The maximum absolute atomic E-state index is 14.5. The van der Waals surface area contributed by atoms with Crippen molar-refractivity contribution in [2.75, 3.05) is 13.2 Å². The highest BCUT2D eigenvalue weighted by atomic mass is 19.4. The van der Waals surface area contributed by atoms with Crippen LogP contribution in [0.5, 0.6) is 0 Å². The average Bonchev–Trinajstić information content (AvgIpc) is 2.81. The molecular weight excluding hydrogens is 386 g/mol. The van der Waals surface area contributed by atoms with Gasteiger partial charge in [-0.3, -0.25) is 4.99 Å². The third-order valence-electron chi connectivity index (χ3n) is 5.57. The van der Waals surface area contributed by atoms with Crippen LogP contribution in [0.1, 0.15) is 29.5 Å². The summed E-state index contributed by atoms with van der Waals surface area (Å²) in [5.41, 5.74) is -3.01. The van der Waals surface area contributed by atoms with Crippen molar-refractivity contribution in [1.29, 1.82) is 0 Å². The zero-order chi connectivity index (χ0) is 20.8. The van der Waals surface area contributed by atoms with Gasteiger partial charge in [-0.05, 0) is 53.2 Å². The number of nitrogens with zero attached hydrogens (tertiary/aromatic N) is 1. The molecule has 0 amide bonds. The molecule has 1 heterocycles. The van der Waals surface area contributed by atoms with E-state index in [1.54, 1.807) is 6.07 Å². The number of aliphatic imine (C=N–C) groups is 1. The molecule has 29 heavy (non-hydrogen) atoms. The number of aliphatic hydroxyl groups is 2. The van der Waals surface area contributed by atoms with Crippen LogP contribution in [0.4, 0.5) is 17.6 Å². The fourth-order valence-corrected chi connectivity index (χ4v) is 4.21. The molecule has 2 atom stereocenters. The van der Waals surface area contributed by atoms with Gasteiger partial charge in [0.2, 0.25) is 5.60 Å². The lowest BCUT2D eigenvalue weighted by atomic mass is 9.88. The van der Waals surface area contributed by atoms with Crippen LogP contribution in [-0.4, -0.2) is 35.8 Å². The van der Waals surface area contributed by atoms with Gasteiger partial charge >= 0.3 is 6.18 Å². The fourth-order valence-electron chi connectivity index (χ4n) is 4.21. The molecule has 0 bridgehead atoms. The van der Waals surface area contributed by atoms with Crippen molar-refractivity contribution in [2.45, 2.75) is 24.6 Å². The summed E-state index contributed by atoms with van der Waals surface area (Å²) < 4.78 is 56.5. The van der Waals surface area contributed by atoms with Gasteiger partial charge in [0.25, 0.3) is 0 Å². The third kappa shape index (κ3) is 3.09. The molecule has 2 aliphatic rings. The van der Waals surface area contributed by atoms with Crippen LogP contribution < -0.4 is 0 Å². The normalized spacial score (nSPS) is 23.4. The first-order valence-corrected chi connectivity index (χ1v) is 9.33. The molecule has 3 nitrogen and oxygen atoms in total. The van der Waals surface area contributed by atoms with Gasteiger partial charge in [0, 0.05) is 30.5 Å². The summed E-state index contributed by atoms with van der Waals surface area (Å²) in [6, 6.07) is 7.65. The number of halogens is 4. The Morgan fingerprint density at radius 2 is 1.86 bits per heavy atom. The highest BCUT2D eigenvalue weighted by molar-refractivity contribution is 6.13. The molecule has 0 saturated carbocycles. The standard InChI is InChI=1S/C22H19F4NO2/c23-15-10-17(14-9-13(6-8-28)5-7-27-12-14)20-16-3-1-2-4-18(16)21(29,19(20)11-15)22(24,25)26/h1-4,9-13,28-29H,5-8H2. The molecule has 0 aromatic heterocycles. The van der Waals surface area contributed by atoms with Crippen LogP contribution in [0.25, 0.3) is 16.7 Å². The molecule has 4 rings (SSSR count). The number of aliphatic hydroxyl groups excluding tert-OH is 1. The van der Waals surface area contributed by atoms with Crippen LogP contribution in [-0.2, 0) is 5.60 Å². The van der Waals surface area contributed by atoms with Crippen molar-refractivity contribution >= 4 is 11.8 Å². The first-order chi connectivity index (χ1) is 13.8. The highest BCUT2D eigenvalue weighted by Crippen LogP contribution is 2.56. The number of rotatable bonds is 3. The Labute approximate surface area is 165 Å². The van der Waals surface area contributed by atoms with Crippen LogP contribution >= 0.6 is 0 Å². The molecule has 2 aromatic carbocycles. The number of allylic oxidation sites excluding steroid dienone is 2. The van der Waals surface area contributed by atoms with E-state index >= 15 is 0 Å². The van der Waals surface area contributed by atoms with Crippen LogP contribution in [0.15, 0.2) is 47.5 Å². The molecule has 2 aromatic rings. The fraction of sp³-hybridized carbons (Fsp3) is 0.318. The summed E-state index contributed by atoms with van der Waals surface area (Å²) in [6.45, 7) is 0.470. The Morgan fingerprint density at radius 1 is 1.10 bits per heavy atom. The number of hydrogen-bond acceptors (Lipinski definition) is 3. The molecule has 2 unspecified atom stereocenters. The van der Waals surface area contributed by atoms with Gasteiger partial charge < -0.3 is 10.2 Å². The molecule has 1 aliphatic heterocycles. The van der Waals surface area contributed by atoms with Crippen LogP contribution in [0.3, 0.4) is 0 Å². The van der Waals surface area contributed by atoms with E-state index < -0.39 is 23.2 Å². The summed E-state index contributed by atoms with van der Waals surface area (Å²) >= 11 is 0. The topological polar surface area (TPSA) is 52.8 Å². The lowest BCUT2D eigenvalue weighted by molar-refractivity contribution is -0.246. The maximum Gasteiger partial charge on any atom is 0.425 e. The van der Waals surface area contributed by atoms with Gasteiger partial charge in [0.05, 0.1) is 0 Å². The van der Waals surface area contributed by atoms with Gasteiger partial charge in [-0.15, -0.1) is 0 Å². The van der Waals surface area contributed by atoms with Crippen LogP contribution in [0.2, 0.25) is 0 Å². The van der Waals surface area contributed by atoms with Crippen molar-refractivity contribution in [2.24, 2.45) is 10.9 Å². The van der Waals surface area contributed by atoms with E-state index in [0.717, 1.165) is 6.07 Å². The predicted molar refractivity (Wildman–Crippen MR) is 102 cm³/mol. The molecule has 2 N–H and O–H groups in total. The van der Waals surface area contributed by atoms with Crippen molar-refractivity contribution in [3.8, 4) is 11.1 Å². The van der Waals surface area contributed by atoms with E-state index in [-0.39, 0.29) is 34.8 Å². The molecule has 7 heteroatoms. The van der Waals surface area contributed by atoms with Crippen molar-refractivity contribution in [3.63, 3.8) is 0 Å². The third-order valence-corrected chi connectivity index (χ3v) is 5.57. The Morgan fingerprint density at radius 3 is 2.59 bits per heavy atom. The minimum Gasteiger partial charge on any atom is -0.396 e. The Kier molecular flexibility index (Phi) is 4.83. The first kappa shape index (κ1) is 19.8. The molecule has 0 spiro atoms. The summed E-state index contributed by atoms with van der Waals surface area (Å²) in [6.07, 6.45) is -0.519. The van der Waals surface area contributed by atoms with Crippen LogP contribution in [0, 0.1) is 11.7 Å². The quantitative estimate of drug-likeness (QED) is 0.741. The van der Waals surface area contributed by atoms with Crippen molar-refractivity contribution in [3.05, 3.63) is 65.0 Å². The summed E-state index contributed by atoms with van der Waals surface area (Å²) in [5.74, 6) is -0.902. The number of hydrogen-bond donors (Lipinski definition) is 2. The Balaban J connectivity index is 2.01. The summed E-state index contributed by atoms with van der Waals surface area (Å²) in [7, 11) is 0. The molecule has 1 aliphatic carbocycles. The SMILES string of the molecule is OCCC1C=C(c2cc(F)cc3c2-c2ccccc2C3(O)C(F)(F)F)C=NCC1. The second-order valence-electron chi connectivity index (χ2n) is 7.35. The Hall–Kier alpha value is -2.51. The molecule has 152 valence electrons. The average molecular weight is 405 g/mol. The minimum atomic E-state index is -5.02. The summed E-state index contributed by atoms with van der Waals surface area (Å²) in [5, 5.41) is 20.1. The van der Waals surface area contributed by atoms with Gasteiger partial charge in [0.15, 0.2) is 0 Å². The minimum absolute atomic E-state index is 0.0328. The lowest BCUT2D eigenvalue weighted by Crippen LogP contribution is -2.41. The zero-order valence-corrected chi connectivity index (χ0v) is 15.4. The van der Waals surface area contributed by atoms with Gasteiger partial charge in [-0.1, -0.05) is 30.3 Å². The lowest BCUT2D eigenvalue weighted by Gasteiger charge is -2.28. The summed E-state index contributed by atoms with van der Waals surface area (Å²) in [4.78, 5) is 4.28. The van der Waals surface area contributed by atoms with E-state index in [4.69, 9.17) is 0 Å². The molecule has 0 fully saturated rings. The number of benzene rings is 2. The zero-order valence-electron chi connectivity index (χ0n) is 15.4. The molecule has 0 saturated heterocycles. The monoisotopic (exact) mass is 405 g/mol. The molecular formula is C22H19F4NO2. The van der Waals surface area contributed by atoms with E-state index in [0.29, 0.717) is 25.0 Å². The second-order valence-corrected chi connectivity index (χ2v) is 7.35. The van der Waals surface area contributed by atoms with E-state index in [9.17, 15) is 27.8 Å². The smallest absolute Gasteiger partial charge is 0.396 e. The van der Waals surface area contributed by atoms with E-state index in [1.807, 2.05) is 6.08 Å². The van der Waals surface area contributed by atoms with Gasteiger partial charge in [-0.25, -0.2) is 4.39 Å².